The van der Waals surface area contributed by atoms with E-state index >= 15 is 0 Å². The maximum absolute atomic E-state index is 10.9. The number of ether oxygens (including phenoxy) is 2. The smallest absolute Gasteiger partial charge is 0.199 e. The number of aromatic amines is 1. The monoisotopic (exact) mass is 463 g/mol. The molecule has 0 bridgehead atoms. The van der Waals surface area contributed by atoms with Crippen LogP contribution in [-0.4, -0.2) is 49.0 Å². The van der Waals surface area contributed by atoms with Gasteiger partial charge >= 0.3 is 0 Å². The molecule has 1 aromatic heterocycles. The number of aliphatic imine (C=N–C) groups is 1. The summed E-state index contributed by atoms with van der Waals surface area (Å²) in [5.41, 5.74) is 4.65. The lowest BCUT2D eigenvalue weighted by atomic mass is 10.00. The molecule has 7 heteroatoms. The van der Waals surface area contributed by atoms with Gasteiger partial charge in [0.2, 0.25) is 0 Å². The molecule has 0 radical (unpaired) electrons. The van der Waals surface area contributed by atoms with Gasteiger partial charge in [-0.2, -0.15) is 0 Å². The third-order valence-corrected chi connectivity index (χ3v) is 5.55. The second-order valence-corrected chi connectivity index (χ2v) is 8.41. The highest BCUT2D eigenvalue weighted by Crippen LogP contribution is 2.35. The van der Waals surface area contributed by atoms with Crippen molar-refractivity contribution in [2.45, 2.75) is 6.54 Å². The van der Waals surface area contributed by atoms with Gasteiger partial charge in [0, 0.05) is 22.5 Å². The van der Waals surface area contributed by atoms with Crippen molar-refractivity contribution >= 4 is 33.9 Å². The number of nitrogens with one attached hydrogen (secondary N) is 1. The lowest BCUT2D eigenvalue weighted by Gasteiger charge is -2.13. The van der Waals surface area contributed by atoms with E-state index in [4.69, 9.17) is 26.1 Å². The molecule has 2 N–H and O–H groups in total. The van der Waals surface area contributed by atoms with Crippen molar-refractivity contribution in [3.05, 3.63) is 82.4 Å². The van der Waals surface area contributed by atoms with Gasteiger partial charge < -0.3 is 24.5 Å². The second kappa shape index (κ2) is 9.57. The van der Waals surface area contributed by atoms with Crippen LogP contribution in [0.3, 0.4) is 0 Å². The number of hydrogen-bond acceptors (Lipinski definition) is 5. The molecule has 33 heavy (non-hydrogen) atoms. The summed E-state index contributed by atoms with van der Waals surface area (Å²) in [6.45, 7) is 0.844. The Kier molecular flexibility index (Phi) is 6.58. The third-order valence-electron chi connectivity index (χ3n) is 5.31. The fourth-order valence-corrected chi connectivity index (χ4v) is 3.99. The number of fused-ring (bicyclic) bond motifs is 1. The zero-order chi connectivity index (χ0) is 23.5. The molecule has 0 atom stereocenters. The van der Waals surface area contributed by atoms with Crippen LogP contribution in [0.15, 0.2) is 65.7 Å². The number of aromatic nitrogens is 1. The van der Waals surface area contributed by atoms with E-state index in [1.165, 1.54) is 5.56 Å². The number of halogens is 1. The number of rotatable bonds is 7. The Morgan fingerprint density at radius 3 is 2.36 bits per heavy atom. The van der Waals surface area contributed by atoms with E-state index in [1.54, 1.807) is 26.4 Å². The Labute approximate surface area is 198 Å². The minimum Gasteiger partial charge on any atom is -0.494 e. The van der Waals surface area contributed by atoms with Gasteiger partial charge in [-0.3, -0.25) is 0 Å². The summed E-state index contributed by atoms with van der Waals surface area (Å²) >= 11 is 6.16. The highest BCUT2D eigenvalue weighted by Gasteiger charge is 2.20. The lowest BCUT2D eigenvalue weighted by molar-refractivity contribution is 0.355. The van der Waals surface area contributed by atoms with E-state index in [0.29, 0.717) is 27.8 Å². The number of aromatic hydroxyl groups is 1. The minimum absolute atomic E-state index is 0.0185. The van der Waals surface area contributed by atoms with Crippen LogP contribution in [0.5, 0.6) is 17.4 Å². The van der Waals surface area contributed by atoms with Gasteiger partial charge in [0.15, 0.2) is 17.4 Å². The molecule has 1 heterocycles. The maximum Gasteiger partial charge on any atom is 0.199 e. The molecule has 0 spiro atoms. The Morgan fingerprint density at radius 1 is 0.970 bits per heavy atom. The summed E-state index contributed by atoms with van der Waals surface area (Å²) in [7, 11) is 7.25. The first kappa shape index (κ1) is 22.7. The molecule has 0 aliphatic rings. The molecule has 0 aliphatic heterocycles. The molecule has 6 nitrogen and oxygen atoms in total. The molecule has 0 amide bonds. The molecule has 4 rings (SSSR count). The van der Waals surface area contributed by atoms with Crippen molar-refractivity contribution in [2.75, 3.05) is 28.3 Å². The maximum atomic E-state index is 10.9. The summed E-state index contributed by atoms with van der Waals surface area (Å²) in [6.07, 6.45) is 0. The summed E-state index contributed by atoms with van der Waals surface area (Å²) < 4.78 is 10.9. The predicted molar refractivity (Wildman–Crippen MR) is 134 cm³/mol. The van der Waals surface area contributed by atoms with Crippen LogP contribution in [-0.2, 0) is 6.54 Å². The Hall–Kier alpha value is -3.48. The van der Waals surface area contributed by atoms with Crippen molar-refractivity contribution in [3.63, 3.8) is 0 Å². The van der Waals surface area contributed by atoms with Gasteiger partial charge in [-0.1, -0.05) is 29.8 Å². The normalized spacial score (nSPS) is 11.9. The second-order valence-electron chi connectivity index (χ2n) is 7.97. The van der Waals surface area contributed by atoms with E-state index in [2.05, 4.69) is 22.0 Å². The van der Waals surface area contributed by atoms with Gasteiger partial charge in [-0.25, -0.2) is 4.99 Å². The number of methoxy groups -OCH3 is 2. The fraction of sp³-hybridized carbons (Fsp3) is 0.192. The molecule has 3 aromatic carbocycles. The fourth-order valence-electron chi connectivity index (χ4n) is 3.81. The molecule has 170 valence electrons. The first-order valence-corrected chi connectivity index (χ1v) is 10.8. The van der Waals surface area contributed by atoms with E-state index in [0.717, 1.165) is 28.7 Å². The van der Waals surface area contributed by atoms with Crippen LogP contribution in [0, 0.1) is 0 Å². The van der Waals surface area contributed by atoms with Crippen LogP contribution in [0.25, 0.3) is 10.9 Å². The average molecular weight is 464 g/mol. The molecule has 0 saturated heterocycles. The number of hydrogen-bond donors (Lipinski definition) is 2. The van der Waals surface area contributed by atoms with Crippen molar-refractivity contribution < 1.29 is 14.6 Å². The number of H-pyrrole nitrogens is 1. The van der Waals surface area contributed by atoms with Gasteiger partial charge in [0.05, 0.1) is 36.7 Å². The van der Waals surface area contributed by atoms with Crippen molar-refractivity contribution in [1.82, 2.24) is 9.88 Å². The highest BCUT2D eigenvalue weighted by molar-refractivity contribution is 6.31. The largest absolute Gasteiger partial charge is 0.494 e. The molecular formula is C26H26ClN3O3. The van der Waals surface area contributed by atoms with Crippen molar-refractivity contribution in [1.29, 1.82) is 0 Å². The van der Waals surface area contributed by atoms with Crippen LogP contribution >= 0.6 is 11.6 Å². The Bertz CT molecular complexity index is 1310. The standard InChI is InChI=1S/C26H26ClN3O3/c1-30(2)15-16-5-9-19(10-6-16)28-25(17-7-12-22(32-3)23(13-17)33-4)24-20-11-8-18(27)14-21(20)29-26(24)31/h5-14,29,31H,15H2,1-4H3. The van der Waals surface area contributed by atoms with E-state index in [1.807, 2.05) is 50.5 Å². The first-order valence-electron chi connectivity index (χ1n) is 10.4. The van der Waals surface area contributed by atoms with Crippen molar-refractivity contribution in [2.24, 2.45) is 4.99 Å². The van der Waals surface area contributed by atoms with Crippen molar-refractivity contribution in [3.8, 4) is 17.4 Å². The third kappa shape index (κ3) is 4.82. The summed E-state index contributed by atoms with van der Waals surface area (Å²) in [6, 6.07) is 19.1. The molecule has 0 saturated carbocycles. The van der Waals surface area contributed by atoms with Crippen LogP contribution in [0.2, 0.25) is 5.02 Å². The summed E-state index contributed by atoms with van der Waals surface area (Å²) in [5.74, 6) is 1.21. The van der Waals surface area contributed by atoms with Gasteiger partial charge in [0.1, 0.15) is 0 Å². The number of nitrogens with zero attached hydrogens (tertiary/aromatic N) is 2. The predicted octanol–water partition coefficient (Wildman–Crippen LogP) is 5.77. The number of benzene rings is 3. The average Bonchev–Trinajstić information content (AvgIpc) is 3.12. The van der Waals surface area contributed by atoms with Gasteiger partial charge in [-0.05, 0) is 62.1 Å². The molecular weight excluding hydrogens is 438 g/mol. The van der Waals surface area contributed by atoms with Gasteiger partial charge in [0.25, 0.3) is 0 Å². The van der Waals surface area contributed by atoms with E-state index in [-0.39, 0.29) is 5.88 Å². The minimum atomic E-state index is 0.0185. The summed E-state index contributed by atoms with van der Waals surface area (Å²) in [5, 5.41) is 12.3. The van der Waals surface area contributed by atoms with E-state index in [9.17, 15) is 5.11 Å². The summed E-state index contributed by atoms with van der Waals surface area (Å²) in [4.78, 5) is 10.1. The molecule has 0 unspecified atom stereocenters. The quantitative estimate of drug-likeness (QED) is 0.341. The zero-order valence-corrected chi connectivity index (χ0v) is 19.8. The van der Waals surface area contributed by atoms with Crippen LogP contribution < -0.4 is 9.47 Å². The van der Waals surface area contributed by atoms with Crippen LogP contribution in [0.4, 0.5) is 5.69 Å². The molecule has 0 fully saturated rings. The topological polar surface area (TPSA) is 70.1 Å². The first-order chi connectivity index (χ1) is 15.9. The SMILES string of the molecule is COc1ccc(C(=Nc2ccc(CN(C)C)cc2)c2c(O)[nH]c3cc(Cl)ccc23)cc1OC. The Morgan fingerprint density at radius 2 is 1.70 bits per heavy atom. The zero-order valence-electron chi connectivity index (χ0n) is 19.0. The molecule has 4 aromatic rings. The molecule has 0 aliphatic carbocycles. The lowest BCUT2D eigenvalue weighted by Crippen LogP contribution is -2.10. The van der Waals surface area contributed by atoms with Gasteiger partial charge in [-0.15, -0.1) is 0 Å². The van der Waals surface area contributed by atoms with E-state index < -0.39 is 0 Å². The van der Waals surface area contributed by atoms with Crippen LogP contribution in [0.1, 0.15) is 16.7 Å². The Balaban J connectivity index is 1.90. The highest BCUT2D eigenvalue weighted by atomic mass is 35.5.